The molecule has 1 unspecified atom stereocenters. The molecule has 0 radical (unpaired) electrons. The van der Waals surface area contributed by atoms with Gasteiger partial charge < -0.3 is 14.2 Å². The maximum Gasteiger partial charge on any atom is 0.306 e. The molecule has 0 saturated heterocycles. The van der Waals surface area contributed by atoms with Crippen LogP contribution in [0, 0.1) is 0 Å². The fourth-order valence-corrected chi connectivity index (χ4v) is 9.25. The highest BCUT2D eigenvalue weighted by Crippen LogP contribution is 2.17. The zero-order valence-electron chi connectivity index (χ0n) is 48.7. The lowest BCUT2D eigenvalue weighted by molar-refractivity contribution is -0.167. The van der Waals surface area contributed by atoms with Crippen LogP contribution in [0.1, 0.15) is 329 Å². The zero-order chi connectivity index (χ0) is 52.9. The topological polar surface area (TPSA) is 78.9 Å². The van der Waals surface area contributed by atoms with Gasteiger partial charge in [0.15, 0.2) is 6.10 Å². The minimum Gasteiger partial charge on any atom is -0.462 e. The summed E-state index contributed by atoms with van der Waals surface area (Å²) in [6.45, 7) is 6.56. The van der Waals surface area contributed by atoms with E-state index in [9.17, 15) is 14.4 Å². The molecule has 0 aliphatic carbocycles. The molecule has 6 nitrogen and oxygen atoms in total. The van der Waals surface area contributed by atoms with Crippen molar-refractivity contribution in [3.8, 4) is 0 Å². The van der Waals surface area contributed by atoms with E-state index >= 15 is 0 Å². The van der Waals surface area contributed by atoms with Gasteiger partial charge >= 0.3 is 17.9 Å². The van der Waals surface area contributed by atoms with Crippen molar-refractivity contribution in [2.45, 2.75) is 335 Å². The minimum absolute atomic E-state index is 0.0749. The maximum atomic E-state index is 12.9. The quantitative estimate of drug-likeness (QED) is 0.0261. The van der Waals surface area contributed by atoms with Crippen LogP contribution in [0.3, 0.4) is 0 Å². The van der Waals surface area contributed by atoms with E-state index in [2.05, 4.69) is 81.5 Å². The second-order valence-electron chi connectivity index (χ2n) is 21.3. The molecule has 0 aromatic carbocycles. The molecule has 0 heterocycles. The lowest BCUT2D eigenvalue weighted by Gasteiger charge is -2.18. The summed E-state index contributed by atoms with van der Waals surface area (Å²) in [5.74, 6) is -0.868. The van der Waals surface area contributed by atoms with Crippen molar-refractivity contribution < 1.29 is 28.6 Å². The van der Waals surface area contributed by atoms with Crippen molar-refractivity contribution in [3.63, 3.8) is 0 Å². The van der Waals surface area contributed by atoms with E-state index in [1.54, 1.807) is 0 Å². The molecule has 1 atom stereocenters. The molecule has 424 valence electrons. The first-order valence-corrected chi connectivity index (χ1v) is 31.8. The van der Waals surface area contributed by atoms with E-state index in [4.69, 9.17) is 14.2 Å². The van der Waals surface area contributed by atoms with Gasteiger partial charge in [0, 0.05) is 19.3 Å². The Kier molecular flexibility index (Phi) is 59.2. The van der Waals surface area contributed by atoms with Crippen molar-refractivity contribution in [2.75, 3.05) is 13.2 Å². The van der Waals surface area contributed by atoms with Gasteiger partial charge in [-0.05, 0) is 83.5 Å². The van der Waals surface area contributed by atoms with Crippen LogP contribution in [0.4, 0.5) is 0 Å². The molecule has 6 heteroatoms. The first-order valence-electron chi connectivity index (χ1n) is 31.8. The fraction of sp³-hybridized carbons (Fsp3) is 0.806. The van der Waals surface area contributed by atoms with Gasteiger partial charge in [0.05, 0.1) is 0 Å². The van der Waals surface area contributed by atoms with Gasteiger partial charge in [-0.25, -0.2) is 0 Å². The summed E-state index contributed by atoms with van der Waals surface area (Å²) in [6.07, 6.45) is 77.9. The van der Waals surface area contributed by atoms with Gasteiger partial charge in [0.2, 0.25) is 0 Å². The Hall–Kier alpha value is -2.89. The third-order valence-electron chi connectivity index (χ3n) is 14.0. The van der Waals surface area contributed by atoms with Gasteiger partial charge in [0.25, 0.3) is 0 Å². The molecule has 0 bridgehead atoms. The number of esters is 3. The summed E-state index contributed by atoms with van der Waals surface area (Å²) in [6, 6.07) is 0. The van der Waals surface area contributed by atoms with Crippen LogP contribution in [0.2, 0.25) is 0 Å². The largest absolute Gasteiger partial charge is 0.462 e. The van der Waals surface area contributed by atoms with Gasteiger partial charge in [-0.3, -0.25) is 14.4 Å². The number of hydrogen-bond donors (Lipinski definition) is 0. The second kappa shape index (κ2) is 61.7. The Morgan fingerprint density at radius 3 is 0.849 bits per heavy atom. The van der Waals surface area contributed by atoms with E-state index < -0.39 is 6.10 Å². The smallest absolute Gasteiger partial charge is 0.306 e. The molecule has 0 N–H and O–H groups in total. The van der Waals surface area contributed by atoms with E-state index in [1.807, 2.05) is 0 Å². The Labute approximate surface area is 453 Å². The third-order valence-corrected chi connectivity index (χ3v) is 14.0. The highest BCUT2D eigenvalue weighted by atomic mass is 16.6. The lowest BCUT2D eigenvalue weighted by atomic mass is 10.0. The van der Waals surface area contributed by atoms with Gasteiger partial charge in [-0.15, -0.1) is 0 Å². The standard InChI is InChI=1S/C67H120O6/c1-4-7-10-13-16-19-22-25-28-31-32-33-34-37-39-42-45-48-51-54-57-60-66(69)72-63-64(73-67(70)61-58-55-52-49-46-43-40-36-30-27-24-21-18-15-12-9-6-3)62-71-65(68)59-56-53-50-47-44-41-38-35-29-26-23-20-17-14-11-8-5-2/h7,10,16,19,25,27-28,30,32-33,64H,4-6,8-9,11-15,17-18,20-24,26,29,31,34-63H2,1-3H3/b10-7-,19-16-,28-25-,30-27-,33-32-. The molecule has 0 aliphatic heterocycles. The van der Waals surface area contributed by atoms with Gasteiger partial charge in [0.1, 0.15) is 13.2 Å². The molecule has 0 rings (SSSR count). The summed E-state index contributed by atoms with van der Waals surface area (Å²) in [5.41, 5.74) is 0. The van der Waals surface area contributed by atoms with Gasteiger partial charge in [-0.1, -0.05) is 287 Å². The summed E-state index contributed by atoms with van der Waals surface area (Å²) in [5, 5.41) is 0. The predicted octanol–water partition coefficient (Wildman–Crippen LogP) is 21.6. The molecule has 0 amide bonds. The average molecular weight is 1020 g/mol. The highest BCUT2D eigenvalue weighted by molar-refractivity contribution is 5.71. The van der Waals surface area contributed by atoms with Crippen LogP contribution in [-0.2, 0) is 28.6 Å². The molecular formula is C67H120O6. The summed E-state index contributed by atoms with van der Waals surface area (Å²) in [4.78, 5) is 38.3. The van der Waals surface area contributed by atoms with E-state index in [0.717, 1.165) is 89.9 Å². The molecule has 0 aromatic rings. The number of carbonyl (C=O) groups is 3. The summed E-state index contributed by atoms with van der Waals surface area (Å²) in [7, 11) is 0. The van der Waals surface area contributed by atoms with Crippen LogP contribution >= 0.6 is 0 Å². The van der Waals surface area contributed by atoms with Gasteiger partial charge in [-0.2, -0.15) is 0 Å². The number of allylic oxidation sites excluding steroid dienone is 10. The average Bonchev–Trinajstić information content (AvgIpc) is 3.39. The maximum absolute atomic E-state index is 12.9. The van der Waals surface area contributed by atoms with Crippen molar-refractivity contribution in [1.82, 2.24) is 0 Å². The number of carbonyl (C=O) groups excluding carboxylic acids is 3. The Bertz CT molecular complexity index is 1310. The van der Waals surface area contributed by atoms with Crippen molar-refractivity contribution >= 4 is 17.9 Å². The molecule has 0 fully saturated rings. The normalized spacial score (nSPS) is 12.4. The first kappa shape index (κ1) is 70.1. The monoisotopic (exact) mass is 1020 g/mol. The minimum atomic E-state index is -0.779. The lowest BCUT2D eigenvalue weighted by Crippen LogP contribution is -2.30. The Morgan fingerprint density at radius 2 is 0.534 bits per heavy atom. The van der Waals surface area contributed by atoms with Crippen LogP contribution in [-0.4, -0.2) is 37.2 Å². The Morgan fingerprint density at radius 1 is 0.288 bits per heavy atom. The van der Waals surface area contributed by atoms with Crippen LogP contribution in [0.25, 0.3) is 0 Å². The number of unbranched alkanes of at least 4 members (excludes halogenated alkanes) is 37. The van der Waals surface area contributed by atoms with Crippen LogP contribution in [0.15, 0.2) is 60.8 Å². The first-order chi connectivity index (χ1) is 36.0. The highest BCUT2D eigenvalue weighted by Gasteiger charge is 2.19. The molecule has 0 aliphatic rings. The van der Waals surface area contributed by atoms with E-state index in [-0.39, 0.29) is 31.1 Å². The van der Waals surface area contributed by atoms with Crippen LogP contribution < -0.4 is 0 Å². The molecule has 0 spiro atoms. The fourth-order valence-electron chi connectivity index (χ4n) is 9.25. The van der Waals surface area contributed by atoms with E-state index in [0.29, 0.717) is 19.3 Å². The third kappa shape index (κ3) is 59.9. The molecule has 0 saturated carbocycles. The van der Waals surface area contributed by atoms with E-state index in [1.165, 1.54) is 199 Å². The molecular weight excluding hydrogens is 901 g/mol. The van der Waals surface area contributed by atoms with Crippen LogP contribution in [0.5, 0.6) is 0 Å². The number of hydrogen-bond acceptors (Lipinski definition) is 6. The van der Waals surface area contributed by atoms with Crippen molar-refractivity contribution in [2.24, 2.45) is 0 Å². The molecule has 73 heavy (non-hydrogen) atoms. The summed E-state index contributed by atoms with van der Waals surface area (Å²) >= 11 is 0. The molecule has 0 aromatic heterocycles. The predicted molar refractivity (Wildman–Crippen MR) is 316 cm³/mol. The SMILES string of the molecule is CC/C=C\C/C=C\C/C=C\C/C=C\CCCCCCCCCCC(=O)OCC(COC(=O)CCCCCCCCCCCCCCCCCCC)OC(=O)CCCCCCCCC/C=C\CCCCCCCC. The Balaban J connectivity index is 4.36. The number of rotatable bonds is 58. The van der Waals surface area contributed by atoms with Crippen molar-refractivity contribution in [1.29, 1.82) is 0 Å². The second-order valence-corrected chi connectivity index (χ2v) is 21.3. The number of ether oxygens (including phenoxy) is 3. The summed E-state index contributed by atoms with van der Waals surface area (Å²) < 4.78 is 16.9. The zero-order valence-corrected chi connectivity index (χ0v) is 48.7. The van der Waals surface area contributed by atoms with Crippen molar-refractivity contribution in [3.05, 3.63) is 60.8 Å².